The van der Waals surface area contributed by atoms with Crippen LogP contribution in [0.4, 0.5) is 20.2 Å². The number of benzene rings is 2. The van der Waals surface area contributed by atoms with Gasteiger partial charge in [-0.2, -0.15) is 8.78 Å². The van der Waals surface area contributed by atoms with Crippen LogP contribution in [0, 0.1) is 6.92 Å². The Morgan fingerprint density at radius 1 is 1.19 bits per heavy atom. The van der Waals surface area contributed by atoms with E-state index in [0.29, 0.717) is 24.7 Å². The highest BCUT2D eigenvalue weighted by Gasteiger charge is 2.27. The number of hydrogen-bond donors (Lipinski definition) is 1. The molecule has 36 heavy (non-hydrogen) atoms. The predicted molar refractivity (Wildman–Crippen MR) is 139 cm³/mol. The fraction of sp³-hybridized carbons (Fsp3) is 0.538. The maximum atomic E-state index is 12.8. The van der Waals surface area contributed by atoms with Gasteiger partial charge >= 0.3 is 6.61 Å². The van der Waals surface area contributed by atoms with Crippen LogP contribution in [0.15, 0.2) is 30.3 Å². The SMILES string of the molecule is CNc1cc(CN2CCOC(N(C)c3cc(Cl)c(C)c(OC4CCN(C)C4)c3)C2)cc(OC(F)F)c1. The Balaban J connectivity index is 1.45. The molecule has 0 amide bonds. The van der Waals surface area contributed by atoms with Crippen LogP contribution in [0.25, 0.3) is 0 Å². The van der Waals surface area contributed by atoms with Crippen molar-refractivity contribution in [3.63, 3.8) is 0 Å². The van der Waals surface area contributed by atoms with Gasteiger partial charge in [0.2, 0.25) is 0 Å². The molecule has 2 aromatic carbocycles. The van der Waals surface area contributed by atoms with Crippen molar-refractivity contribution in [1.29, 1.82) is 0 Å². The predicted octanol–water partition coefficient (Wildman–Crippen LogP) is 4.67. The number of hydrogen-bond acceptors (Lipinski definition) is 7. The number of likely N-dealkylation sites (N-methyl/N-ethyl adjacent to an activating group) is 2. The summed E-state index contributed by atoms with van der Waals surface area (Å²) in [6, 6.07) is 9.14. The van der Waals surface area contributed by atoms with Crippen molar-refractivity contribution in [2.45, 2.75) is 38.8 Å². The van der Waals surface area contributed by atoms with Crippen molar-refractivity contribution >= 4 is 23.0 Å². The van der Waals surface area contributed by atoms with E-state index in [2.05, 4.69) is 31.8 Å². The normalized spacial score (nSPS) is 21.1. The lowest BCUT2D eigenvalue weighted by molar-refractivity contribution is -0.0499. The first kappa shape index (κ1) is 26.7. The molecule has 2 fully saturated rings. The fourth-order valence-corrected chi connectivity index (χ4v) is 4.89. The van der Waals surface area contributed by atoms with Gasteiger partial charge < -0.3 is 29.3 Å². The van der Waals surface area contributed by atoms with Gasteiger partial charge in [0, 0.05) is 80.9 Å². The molecule has 0 saturated carbocycles. The number of morpholine rings is 1. The second-order valence-corrected chi connectivity index (χ2v) is 9.91. The quantitative estimate of drug-likeness (QED) is 0.511. The number of halogens is 3. The molecule has 198 valence electrons. The first-order chi connectivity index (χ1) is 17.2. The van der Waals surface area contributed by atoms with Crippen molar-refractivity contribution in [3.05, 3.63) is 46.5 Å². The van der Waals surface area contributed by atoms with Crippen LogP contribution in [-0.4, -0.2) is 82.7 Å². The molecule has 0 aliphatic carbocycles. The summed E-state index contributed by atoms with van der Waals surface area (Å²) >= 11 is 6.59. The van der Waals surface area contributed by atoms with E-state index >= 15 is 0 Å². The van der Waals surface area contributed by atoms with Gasteiger partial charge in [-0.3, -0.25) is 4.90 Å². The Labute approximate surface area is 216 Å². The van der Waals surface area contributed by atoms with E-state index in [1.165, 1.54) is 0 Å². The van der Waals surface area contributed by atoms with Gasteiger partial charge in [0.15, 0.2) is 0 Å². The Kier molecular flexibility index (Phi) is 8.77. The van der Waals surface area contributed by atoms with Gasteiger partial charge in [0.05, 0.1) is 6.61 Å². The second kappa shape index (κ2) is 11.8. The van der Waals surface area contributed by atoms with E-state index < -0.39 is 6.61 Å². The summed E-state index contributed by atoms with van der Waals surface area (Å²) in [5.74, 6) is 0.941. The molecule has 0 bridgehead atoms. The van der Waals surface area contributed by atoms with Gasteiger partial charge in [0.1, 0.15) is 23.8 Å². The number of nitrogens with one attached hydrogen (secondary N) is 1. The maximum absolute atomic E-state index is 12.8. The van der Waals surface area contributed by atoms with Gasteiger partial charge in [0.25, 0.3) is 0 Å². The fourth-order valence-electron chi connectivity index (χ4n) is 4.69. The Morgan fingerprint density at radius 3 is 2.69 bits per heavy atom. The molecule has 4 rings (SSSR count). The molecule has 2 aromatic rings. The van der Waals surface area contributed by atoms with Crippen LogP contribution < -0.4 is 19.7 Å². The minimum Gasteiger partial charge on any atom is -0.489 e. The van der Waals surface area contributed by atoms with Crippen molar-refractivity contribution in [1.82, 2.24) is 9.80 Å². The van der Waals surface area contributed by atoms with Crippen molar-refractivity contribution < 1.29 is 23.0 Å². The monoisotopic (exact) mass is 524 g/mol. The molecule has 0 radical (unpaired) electrons. The average molecular weight is 525 g/mol. The standard InChI is InChI=1S/C26H35ClF2N4O3/c1-17-23(27)12-20(13-24(17)35-21-5-6-31(3)15-21)32(4)25-16-33(7-8-34-25)14-18-9-19(30-2)11-22(10-18)36-26(28)29/h9-13,21,25-26,30H,5-8,14-16H2,1-4H3. The lowest BCUT2D eigenvalue weighted by atomic mass is 10.1. The highest BCUT2D eigenvalue weighted by Crippen LogP contribution is 2.34. The molecule has 2 atom stereocenters. The minimum atomic E-state index is -2.86. The first-order valence-electron chi connectivity index (χ1n) is 12.2. The summed E-state index contributed by atoms with van der Waals surface area (Å²) < 4.78 is 42.6. The smallest absolute Gasteiger partial charge is 0.387 e. The molecular formula is C26H35ClF2N4O3. The van der Waals surface area contributed by atoms with Crippen LogP contribution in [0.2, 0.25) is 5.02 Å². The zero-order chi connectivity index (χ0) is 25.8. The topological polar surface area (TPSA) is 49.4 Å². The van der Waals surface area contributed by atoms with E-state index in [9.17, 15) is 8.78 Å². The molecule has 0 spiro atoms. The molecule has 0 aromatic heterocycles. The van der Waals surface area contributed by atoms with E-state index in [0.717, 1.165) is 54.3 Å². The van der Waals surface area contributed by atoms with Gasteiger partial charge in [-0.05, 0) is 44.2 Å². The molecule has 2 unspecified atom stereocenters. The highest BCUT2D eigenvalue weighted by molar-refractivity contribution is 6.31. The molecule has 2 aliphatic heterocycles. The third-order valence-corrected chi connectivity index (χ3v) is 7.17. The molecule has 2 saturated heterocycles. The van der Waals surface area contributed by atoms with Gasteiger partial charge in [-0.1, -0.05) is 11.6 Å². The van der Waals surface area contributed by atoms with Crippen LogP contribution in [-0.2, 0) is 11.3 Å². The summed E-state index contributed by atoms with van der Waals surface area (Å²) in [6.45, 7) is 3.55. The number of alkyl halides is 2. The average Bonchev–Trinajstić information content (AvgIpc) is 3.25. The Morgan fingerprint density at radius 2 is 2.00 bits per heavy atom. The first-order valence-corrected chi connectivity index (χ1v) is 12.6. The lowest BCUT2D eigenvalue weighted by Crippen LogP contribution is -2.49. The van der Waals surface area contributed by atoms with Crippen molar-refractivity contribution in [2.75, 3.05) is 64.1 Å². The van der Waals surface area contributed by atoms with Gasteiger partial charge in [-0.25, -0.2) is 0 Å². The number of likely N-dealkylation sites (tertiary alicyclic amines) is 1. The Hall–Kier alpha value is -2.33. The zero-order valence-electron chi connectivity index (χ0n) is 21.3. The summed E-state index contributed by atoms with van der Waals surface area (Å²) in [5, 5.41) is 3.66. The molecule has 2 heterocycles. The summed E-state index contributed by atoms with van der Waals surface area (Å²) in [4.78, 5) is 6.57. The summed E-state index contributed by atoms with van der Waals surface area (Å²) in [7, 11) is 5.83. The van der Waals surface area contributed by atoms with Crippen molar-refractivity contribution in [3.8, 4) is 11.5 Å². The zero-order valence-corrected chi connectivity index (χ0v) is 22.0. The Bertz CT molecular complexity index is 1040. The lowest BCUT2D eigenvalue weighted by Gasteiger charge is -2.38. The van der Waals surface area contributed by atoms with E-state index in [4.69, 9.17) is 21.1 Å². The number of nitrogens with zero attached hydrogens (tertiary/aromatic N) is 3. The number of anilines is 2. The largest absolute Gasteiger partial charge is 0.489 e. The van der Waals surface area contributed by atoms with E-state index in [-0.39, 0.29) is 18.1 Å². The molecule has 7 nitrogen and oxygen atoms in total. The number of ether oxygens (including phenoxy) is 3. The third kappa shape index (κ3) is 6.70. The van der Waals surface area contributed by atoms with Crippen LogP contribution in [0.3, 0.4) is 0 Å². The van der Waals surface area contributed by atoms with Crippen LogP contribution >= 0.6 is 11.6 Å². The second-order valence-electron chi connectivity index (χ2n) is 9.51. The summed E-state index contributed by atoms with van der Waals surface area (Å²) in [6.07, 6.45) is 0.943. The van der Waals surface area contributed by atoms with Crippen LogP contribution in [0.5, 0.6) is 11.5 Å². The highest BCUT2D eigenvalue weighted by atomic mass is 35.5. The molecule has 2 aliphatic rings. The minimum absolute atomic E-state index is 0.143. The molecular weight excluding hydrogens is 490 g/mol. The van der Waals surface area contributed by atoms with Crippen LogP contribution in [0.1, 0.15) is 17.5 Å². The number of rotatable bonds is 9. The third-order valence-electron chi connectivity index (χ3n) is 6.78. The molecule has 1 N–H and O–H groups in total. The van der Waals surface area contributed by atoms with Gasteiger partial charge in [-0.15, -0.1) is 0 Å². The van der Waals surface area contributed by atoms with E-state index in [1.54, 1.807) is 19.2 Å². The maximum Gasteiger partial charge on any atom is 0.387 e. The summed E-state index contributed by atoms with van der Waals surface area (Å²) in [5.41, 5.74) is 3.46. The van der Waals surface area contributed by atoms with Crippen molar-refractivity contribution in [2.24, 2.45) is 0 Å². The van der Waals surface area contributed by atoms with E-state index in [1.807, 2.05) is 32.2 Å². The molecule has 10 heteroatoms.